The molecule has 0 fully saturated rings. The lowest BCUT2D eigenvalue weighted by Crippen LogP contribution is -2.15. The summed E-state index contributed by atoms with van der Waals surface area (Å²) < 4.78 is 14.1. The molecule has 1 aromatic heterocycles. The number of hydrazine groups is 1. The number of hydrogen-bond donors (Lipinski definition) is 2. The molecule has 0 aliphatic carbocycles. The summed E-state index contributed by atoms with van der Waals surface area (Å²) in [5.41, 5.74) is 3.24. The number of methoxy groups -OCH3 is 1. The maximum absolute atomic E-state index is 5.45. The van der Waals surface area contributed by atoms with Crippen LogP contribution in [-0.4, -0.2) is 29.4 Å². The summed E-state index contributed by atoms with van der Waals surface area (Å²) in [6.07, 6.45) is 0.0346. The van der Waals surface area contributed by atoms with Gasteiger partial charge in [-0.3, -0.25) is 0 Å². The zero-order valence-corrected chi connectivity index (χ0v) is 9.00. The Morgan fingerprint density at radius 1 is 1.64 bits per heavy atom. The summed E-state index contributed by atoms with van der Waals surface area (Å²) in [6.45, 7) is 2.88. The van der Waals surface area contributed by atoms with Crippen LogP contribution in [0, 0.1) is 0 Å². The van der Waals surface area contributed by atoms with E-state index in [9.17, 15) is 0 Å². The summed E-state index contributed by atoms with van der Waals surface area (Å²) in [4.78, 5) is 0. The van der Waals surface area contributed by atoms with Crippen LogP contribution in [0.15, 0.2) is 0 Å². The third-order valence-electron chi connectivity index (χ3n) is 1.59. The molecule has 0 saturated heterocycles. The van der Waals surface area contributed by atoms with Crippen LogP contribution < -0.4 is 11.3 Å². The average molecular weight is 218 g/mol. The van der Waals surface area contributed by atoms with Crippen molar-refractivity contribution in [2.45, 2.75) is 19.6 Å². The SMILES string of the molecule is COCC(C)OCc1nnsc1NN. The fourth-order valence-corrected chi connectivity index (χ4v) is 1.40. The predicted molar refractivity (Wildman–Crippen MR) is 53.8 cm³/mol. The Hall–Kier alpha value is -0.760. The summed E-state index contributed by atoms with van der Waals surface area (Å²) in [6, 6.07) is 0. The van der Waals surface area contributed by atoms with Crippen LogP contribution in [0.2, 0.25) is 0 Å². The number of nitrogens with two attached hydrogens (primary N) is 1. The van der Waals surface area contributed by atoms with Gasteiger partial charge in [-0.2, -0.15) is 0 Å². The smallest absolute Gasteiger partial charge is 0.149 e. The van der Waals surface area contributed by atoms with Crippen molar-refractivity contribution in [1.29, 1.82) is 0 Å². The molecule has 7 heteroatoms. The minimum absolute atomic E-state index is 0.0346. The molecule has 0 spiro atoms. The highest BCUT2D eigenvalue weighted by Gasteiger charge is 2.08. The van der Waals surface area contributed by atoms with Crippen LogP contribution in [0.25, 0.3) is 0 Å². The zero-order chi connectivity index (χ0) is 10.4. The largest absolute Gasteiger partial charge is 0.382 e. The first-order valence-electron chi connectivity index (χ1n) is 4.16. The Labute approximate surface area is 86.5 Å². The van der Waals surface area contributed by atoms with E-state index in [4.69, 9.17) is 15.3 Å². The van der Waals surface area contributed by atoms with Crippen molar-refractivity contribution < 1.29 is 9.47 Å². The molecule has 3 N–H and O–H groups in total. The van der Waals surface area contributed by atoms with E-state index >= 15 is 0 Å². The Bertz CT molecular complexity index is 268. The molecule has 1 aromatic rings. The number of aromatic nitrogens is 2. The second-order valence-electron chi connectivity index (χ2n) is 2.77. The molecule has 1 atom stereocenters. The average Bonchev–Trinajstić information content (AvgIpc) is 2.62. The van der Waals surface area contributed by atoms with Crippen molar-refractivity contribution in [2.24, 2.45) is 5.84 Å². The Balaban J connectivity index is 2.37. The molecule has 1 heterocycles. The van der Waals surface area contributed by atoms with Crippen molar-refractivity contribution in [1.82, 2.24) is 9.59 Å². The second kappa shape index (κ2) is 5.86. The third-order valence-corrected chi connectivity index (χ3v) is 2.29. The van der Waals surface area contributed by atoms with Crippen molar-refractivity contribution in [2.75, 3.05) is 19.1 Å². The summed E-state index contributed by atoms with van der Waals surface area (Å²) >= 11 is 1.21. The minimum atomic E-state index is 0.0346. The van der Waals surface area contributed by atoms with Crippen molar-refractivity contribution in [3.05, 3.63) is 5.69 Å². The summed E-state index contributed by atoms with van der Waals surface area (Å²) in [5.74, 6) is 5.26. The van der Waals surface area contributed by atoms with Gasteiger partial charge >= 0.3 is 0 Å². The number of anilines is 1. The van der Waals surface area contributed by atoms with Gasteiger partial charge in [0.25, 0.3) is 0 Å². The lowest BCUT2D eigenvalue weighted by atomic mass is 10.4. The van der Waals surface area contributed by atoms with Gasteiger partial charge < -0.3 is 14.9 Å². The molecule has 0 aromatic carbocycles. The highest BCUT2D eigenvalue weighted by atomic mass is 32.1. The van der Waals surface area contributed by atoms with Gasteiger partial charge in [0.15, 0.2) is 0 Å². The van der Waals surface area contributed by atoms with Gasteiger partial charge in [-0.15, -0.1) is 5.10 Å². The van der Waals surface area contributed by atoms with Crippen LogP contribution in [0.1, 0.15) is 12.6 Å². The Morgan fingerprint density at radius 2 is 2.43 bits per heavy atom. The normalized spacial score (nSPS) is 12.8. The molecule has 6 nitrogen and oxygen atoms in total. The van der Waals surface area contributed by atoms with Crippen LogP contribution in [-0.2, 0) is 16.1 Å². The highest BCUT2D eigenvalue weighted by molar-refractivity contribution is 7.10. The molecule has 14 heavy (non-hydrogen) atoms. The quantitative estimate of drug-likeness (QED) is 0.530. The van der Waals surface area contributed by atoms with Gasteiger partial charge in [-0.25, -0.2) is 5.84 Å². The molecule has 80 valence electrons. The first-order valence-corrected chi connectivity index (χ1v) is 4.93. The number of nitrogens with zero attached hydrogens (tertiary/aromatic N) is 2. The van der Waals surface area contributed by atoms with Crippen LogP contribution in [0.4, 0.5) is 5.00 Å². The fourth-order valence-electron chi connectivity index (χ4n) is 0.917. The van der Waals surface area contributed by atoms with Crippen LogP contribution in [0.3, 0.4) is 0 Å². The van der Waals surface area contributed by atoms with Gasteiger partial charge in [0.1, 0.15) is 10.7 Å². The van der Waals surface area contributed by atoms with Crippen molar-refractivity contribution >= 4 is 16.5 Å². The van der Waals surface area contributed by atoms with Gasteiger partial charge in [-0.1, -0.05) is 4.49 Å². The number of ether oxygens (including phenoxy) is 2. The molecule has 0 saturated carbocycles. The monoisotopic (exact) mass is 218 g/mol. The van der Waals surface area contributed by atoms with Gasteiger partial charge in [0.05, 0.1) is 19.3 Å². The first kappa shape index (κ1) is 11.3. The first-order chi connectivity index (χ1) is 6.77. The number of rotatable bonds is 6. The number of nitrogen functional groups attached to an aromatic ring is 1. The predicted octanol–water partition coefficient (Wildman–Crippen LogP) is 0.375. The fraction of sp³-hybridized carbons (Fsp3) is 0.714. The molecule has 0 amide bonds. The lowest BCUT2D eigenvalue weighted by Gasteiger charge is -2.10. The van der Waals surface area contributed by atoms with E-state index in [2.05, 4.69) is 15.0 Å². The van der Waals surface area contributed by atoms with Crippen LogP contribution in [0.5, 0.6) is 0 Å². The van der Waals surface area contributed by atoms with E-state index in [1.807, 2.05) is 6.92 Å². The molecule has 0 aliphatic rings. The molecule has 0 radical (unpaired) electrons. The summed E-state index contributed by atoms with van der Waals surface area (Å²) in [7, 11) is 1.64. The maximum Gasteiger partial charge on any atom is 0.149 e. The van der Waals surface area contributed by atoms with Gasteiger partial charge in [0.2, 0.25) is 0 Å². The summed E-state index contributed by atoms with van der Waals surface area (Å²) in [5, 5.41) is 4.61. The van der Waals surface area contributed by atoms with Crippen molar-refractivity contribution in [3.63, 3.8) is 0 Å². The third kappa shape index (κ3) is 3.18. The van der Waals surface area contributed by atoms with Crippen molar-refractivity contribution in [3.8, 4) is 0 Å². The topological polar surface area (TPSA) is 82.3 Å². The van der Waals surface area contributed by atoms with E-state index in [0.717, 1.165) is 10.7 Å². The molecular weight excluding hydrogens is 204 g/mol. The molecule has 1 rings (SSSR count). The Kier molecular flexibility index (Phi) is 4.74. The van der Waals surface area contributed by atoms with E-state index in [0.29, 0.717) is 13.2 Å². The standard InChI is InChI=1S/C7H14N4O2S/c1-5(3-12-2)13-4-6-7(9-8)14-11-10-6/h5,9H,3-4,8H2,1-2H3. The maximum atomic E-state index is 5.45. The van der Waals surface area contributed by atoms with Gasteiger partial charge in [0, 0.05) is 18.6 Å². The Morgan fingerprint density at radius 3 is 3.07 bits per heavy atom. The van der Waals surface area contributed by atoms with E-state index in [-0.39, 0.29) is 6.10 Å². The van der Waals surface area contributed by atoms with E-state index in [1.165, 1.54) is 11.5 Å². The molecule has 0 aliphatic heterocycles. The molecular formula is C7H14N4O2S. The molecule has 1 unspecified atom stereocenters. The van der Waals surface area contributed by atoms with Gasteiger partial charge in [-0.05, 0) is 6.92 Å². The van der Waals surface area contributed by atoms with Crippen LogP contribution >= 0.6 is 11.5 Å². The second-order valence-corrected chi connectivity index (χ2v) is 3.52. The van der Waals surface area contributed by atoms with E-state index < -0.39 is 0 Å². The minimum Gasteiger partial charge on any atom is -0.382 e. The number of nitrogens with one attached hydrogen (secondary N) is 1. The molecule has 0 bridgehead atoms. The highest BCUT2D eigenvalue weighted by Crippen LogP contribution is 2.17. The van der Waals surface area contributed by atoms with E-state index in [1.54, 1.807) is 7.11 Å². The zero-order valence-electron chi connectivity index (χ0n) is 8.19. The number of hydrogen-bond acceptors (Lipinski definition) is 7. The lowest BCUT2D eigenvalue weighted by molar-refractivity contribution is -0.00117.